The number of ketones is 2. The number of benzene rings is 1. The molecule has 0 bridgehead atoms. The second-order valence-corrected chi connectivity index (χ2v) is 11.5. The van der Waals surface area contributed by atoms with Gasteiger partial charge in [-0.05, 0) is 50.5 Å². The Hall–Kier alpha value is -3.89. The van der Waals surface area contributed by atoms with Crippen LogP contribution in [0.1, 0.15) is 78.7 Å². The molecule has 0 aliphatic heterocycles. The third kappa shape index (κ3) is 23.5. The third-order valence-corrected chi connectivity index (χ3v) is 6.97. The first kappa shape index (κ1) is 48.2. The molecule has 2 rings (SSSR count). The van der Waals surface area contributed by atoms with E-state index in [-0.39, 0.29) is 62.3 Å². The molecule has 1 heterocycles. The molecule has 15 nitrogen and oxygen atoms in total. The Morgan fingerprint density at radius 2 is 1.52 bits per heavy atom. The lowest BCUT2D eigenvalue weighted by molar-refractivity contribution is -0.136. The van der Waals surface area contributed by atoms with E-state index in [4.69, 9.17) is 22.4 Å². The van der Waals surface area contributed by atoms with Gasteiger partial charge in [0.15, 0.2) is 0 Å². The molecule has 3 atom stereocenters. The van der Waals surface area contributed by atoms with E-state index in [9.17, 15) is 44.1 Å². The molecule has 16 heteroatoms. The summed E-state index contributed by atoms with van der Waals surface area (Å²) < 4.78 is 0. The van der Waals surface area contributed by atoms with Crippen LogP contribution in [0.2, 0.25) is 5.02 Å². The van der Waals surface area contributed by atoms with E-state index < -0.39 is 36.7 Å². The fraction of sp³-hybridized carbons (Fsp3) is 0.588. The molecule has 0 saturated heterocycles. The molecule has 0 fully saturated rings. The van der Waals surface area contributed by atoms with Gasteiger partial charge in [0.2, 0.25) is 23.6 Å². The Kier molecular flexibility index (Phi) is 26.9. The van der Waals surface area contributed by atoms with Gasteiger partial charge >= 0.3 is 0 Å². The zero-order valence-corrected chi connectivity index (χ0v) is 30.7. The number of rotatable bonds is 18. The van der Waals surface area contributed by atoms with Crippen LogP contribution < -0.4 is 16.4 Å². The number of Topliss-reactive ketones (excluding diaryl/α,β-unsaturated/α-hetero) is 2. The van der Waals surface area contributed by atoms with Gasteiger partial charge in [-0.15, -0.1) is 0 Å². The summed E-state index contributed by atoms with van der Waals surface area (Å²) in [6.45, 7) is 7.33. The van der Waals surface area contributed by atoms with Crippen LogP contribution >= 0.6 is 11.6 Å². The highest BCUT2D eigenvalue weighted by molar-refractivity contribution is 6.31. The summed E-state index contributed by atoms with van der Waals surface area (Å²) >= 11 is 6.05. The highest BCUT2D eigenvalue weighted by Gasteiger charge is 2.21. The van der Waals surface area contributed by atoms with Crippen molar-refractivity contribution in [1.82, 2.24) is 20.5 Å². The van der Waals surface area contributed by atoms with E-state index in [1.54, 1.807) is 39.2 Å². The van der Waals surface area contributed by atoms with Crippen molar-refractivity contribution in [2.45, 2.75) is 97.9 Å². The molecule has 2 aromatic rings. The SMILES string of the molecule is CC.CC(=O)CCCC(C)=O.CNC(C)=O.NC(=O)CN(CCC(=O)NC[C@H](O)C[C@H](O)[C@H](O)CO)C(=O)CCc1c[nH]c2ccc(Cl)cc12. The molecule has 0 aliphatic rings. The smallest absolute Gasteiger partial charge is 0.237 e. The topological polar surface area (TPSA) is 252 Å². The quantitative estimate of drug-likeness (QED) is 0.109. The number of primary amides is 1. The number of H-pyrrole nitrogens is 1. The Morgan fingerprint density at radius 3 is 2.02 bits per heavy atom. The number of aryl methyl sites for hydroxylation is 1. The molecule has 284 valence electrons. The maximum atomic E-state index is 12.7. The third-order valence-electron chi connectivity index (χ3n) is 6.74. The minimum absolute atomic E-state index is 0.00463. The fourth-order valence-corrected chi connectivity index (χ4v) is 4.19. The molecule has 50 heavy (non-hydrogen) atoms. The number of hydrogen-bond acceptors (Lipinski definition) is 10. The second-order valence-electron chi connectivity index (χ2n) is 11.1. The lowest BCUT2D eigenvalue weighted by atomic mass is 10.1. The Balaban J connectivity index is 0. The van der Waals surface area contributed by atoms with E-state index in [1.165, 1.54) is 11.8 Å². The Bertz CT molecular complexity index is 1320. The maximum absolute atomic E-state index is 12.7. The maximum Gasteiger partial charge on any atom is 0.237 e. The first-order valence-corrected chi connectivity index (χ1v) is 16.8. The first-order chi connectivity index (χ1) is 23.5. The summed E-state index contributed by atoms with van der Waals surface area (Å²) in [5, 5.41) is 43.8. The predicted octanol–water partition coefficient (Wildman–Crippen LogP) is 1.15. The highest BCUT2D eigenvalue weighted by Crippen LogP contribution is 2.23. The van der Waals surface area contributed by atoms with Gasteiger partial charge in [0.25, 0.3) is 0 Å². The number of hydrogen-bond donors (Lipinski definition) is 8. The van der Waals surface area contributed by atoms with Crippen molar-refractivity contribution in [1.29, 1.82) is 0 Å². The van der Waals surface area contributed by atoms with E-state index >= 15 is 0 Å². The van der Waals surface area contributed by atoms with Gasteiger partial charge in [-0.1, -0.05) is 25.4 Å². The fourth-order valence-electron chi connectivity index (χ4n) is 4.02. The molecule has 4 amide bonds. The van der Waals surface area contributed by atoms with Crippen molar-refractivity contribution in [3.8, 4) is 0 Å². The molecule has 0 spiro atoms. The number of carbonyl (C=O) groups is 6. The summed E-state index contributed by atoms with van der Waals surface area (Å²) in [4.78, 5) is 70.9. The number of nitrogens with zero attached hydrogens (tertiary/aromatic N) is 1. The van der Waals surface area contributed by atoms with Crippen molar-refractivity contribution in [2.75, 3.05) is 33.3 Å². The summed E-state index contributed by atoms with van der Waals surface area (Å²) in [6.07, 6.45) is -0.163. The minimum atomic E-state index is -1.39. The molecule has 0 radical (unpaired) electrons. The van der Waals surface area contributed by atoms with Crippen molar-refractivity contribution in [3.05, 3.63) is 35.0 Å². The number of aliphatic hydroxyl groups is 4. The summed E-state index contributed by atoms with van der Waals surface area (Å²) in [5.41, 5.74) is 7.03. The van der Waals surface area contributed by atoms with Gasteiger partial charge in [0, 0.05) is 81.3 Å². The predicted molar refractivity (Wildman–Crippen MR) is 191 cm³/mol. The number of nitrogens with one attached hydrogen (secondary N) is 3. The van der Waals surface area contributed by atoms with Crippen LogP contribution in [0.25, 0.3) is 10.9 Å². The van der Waals surface area contributed by atoms with Crippen molar-refractivity contribution < 1.29 is 49.2 Å². The van der Waals surface area contributed by atoms with Gasteiger partial charge in [-0.25, -0.2) is 0 Å². The average Bonchev–Trinajstić information content (AvgIpc) is 3.46. The van der Waals surface area contributed by atoms with Crippen LogP contribution in [0.15, 0.2) is 24.4 Å². The molecule has 1 aromatic carbocycles. The van der Waals surface area contributed by atoms with Crippen molar-refractivity contribution in [3.63, 3.8) is 0 Å². The number of aliphatic hydroxyl groups excluding tert-OH is 4. The van der Waals surface area contributed by atoms with Crippen LogP contribution in [-0.4, -0.2) is 117 Å². The standard InChI is InChI=1S/C22H31ClN4O7.C7H12O2.C3H7NO.C2H6/c23-14-2-3-17-16(7-14)13(9-25-17)1-4-22(34)27(11-20(24)32)6-5-21(33)26-10-15(29)8-18(30)19(31)12-28;1-6(8)4-3-5-7(2)9;1-3(5)4-2;1-2/h2-3,7,9,15,18-19,25,28-31H,1,4-6,8,10-12H2,(H2,24,32)(H,26,33);3-5H2,1-2H3;1-2H3,(H,4,5);1-2H3/t15-,18+,19-;;;/m1.../s1. The normalized spacial score (nSPS) is 11.9. The number of amides is 4. The lowest BCUT2D eigenvalue weighted by Crippen LogP contribution is -2.42. The minimum Gasteiger partial charge on any atom is -0.394 e. The molecule has 0 saturated carbocycles. The number of carbonyl (C=O) groups excluding carboxylic acids is 6. The number of nitrogens with two attached hydrogens (primary N) is 1. The van der Waals surface area contributed by atoms with Gasteiger partial charge in [-0.2, -0.15) is 0 Å². The number of aromatic nitrogens is 1. The number of aromatic amines is 1. The largest absolute Gasteiger partial charge is 0.394 e. The highest BCUT2D eigenvalue weighted by atomic mass is 35.5. The Morgan fingerprint density at radius 1 is 0.940 bits per heavy atom. The molecule has 0 unspecified atom stereocenters. The summed E-state index contributed by atoms with van der Waals surface area (Å²) in [7, 11) is 1.60. The van der Waals surface area contributed by atoms with Gasteiger partial charge < -0.3 is 56.3 Å². The molecular formula is C34H56ClN5O10. The van der Waals surface area contributed by atoms with E-state index in [0.29, 0.717) is 30.7 Å². The number of fused-ring (bicyclic) bond motifs is 1. The van der Waals surface area contributed by atoms with Crippen molar-refractivity contribution >= 4 is 57.7 Å². The van der Waals surface area contributed by atoms with Gasteiger partial charge in [0.1, 0.15) is 17.7 Å². The lowest BCUT2D eigenvalue weighted by Gasteiger charge is -2.22. The monoisotopic (exact) mass is 729 g/mol. The van der Waals surface area contributed by atoms with Crippen molar-refractivity contribution in [2.24, 2.45) is 5.73 Å². The van der Waals surface area contributed by atoms with Crippen LogP contribution in [0.5, 0.6) is 0 Å². The van der Waals surface area contributed by atoms with Crippen LogP contribution in [0, 0.1) is 0 Å². The zero-order chi connectivity index (χ0) is 38.8. The van der Waals surface area contributed by atoms with Gasteiger partial charge in [-0.3, -0.25) is 19.2 Å². The van der Waals surface area contributed by atoms with E-state index in [2.05, 4.69) is 15.6 Å². The molecule has 9 N–H and O–H groups in total. The average molecular weight is 730 g/mol. The van der Waals surface area contributed by atoms with E-state index in [0.717, 1.165) is 16.5 Å². The van der Waals surface area contributed by atoms with Gasteiger partial charge in [0.05, 0.1) is 25.4 Å². The zero-order valence-electron chi connectivity index (χ0n) is 30.0. The number of halogens is 1. The van der Waals surface area contributed by atoms with Crippen LogP contribution in [-0.2, 0) is 35.2 Å². The summed E-state index contributed by atoms with van der Waals surface area (Å²) in [5.74, 6) is -1.20. The molecule has 1 aromatic heterocycles. The van der Waals surface area contributed by atoms with Crippen LogP contribution in [0.4, 0.5) is 0 Å². The second kappa shape index (κ2) is 27.9. The Labute approximate surface area is 298 Å². The van der Waals surface area contributed by atoms with E-state index in [1.807, 2.05) is 19.9 Å². The van der Waals surface area contributed by atoms with Crippen LogP contribution in [0.3, 0.4) is 0 Å². The summed E-state index contributed by atoms with van der Waals surface area (Å²) in [6, 6.07) is 5.40. The molecule has 0 aliphatic carbocycles. The first-order valence-electron chi connectivity index (χ1n) is 16.4. The molecular weight excluding hydrogens is 674 g/mol.